The lowest BCUT2D eigenvalue weighted by Gasteiger charge is -2.07. The topological polar surface area (TPSA) is 13.7 Å². The highest BCUT2D eigenvalue weighted by atomic mass is 79.9. The number of halogens is 1. The summed E-state index contributed by atoms with van der Waals surface area (Å²) < 4.78 is 8.43. The van der Waals surface area contributed by atoms with Crippen molar-refractivity contribution in [3.8, 4) is 0 Å². The number of nitrogens with zero attached hydrogens (tertiary/aromatic N) is 3. The number of hydrogen-bond acceptors (Lipinski definition) is 0. The number of fused-ring (bicyclic) bond motifs is 4. The van der Waals surface area contributed by atoms with Gasteiger partial charge in [-0.1, -0.05) is 82.7 Å². The molecule has 34 heavy (non-hydrogen) atoms. The molecule has 0 bridgehead atoms. The summed E-state index contributed by atoms with van der Waals surface area (Å²) in [5.41, 5.74) is 6.54. The monoisotopic (exact) mass is 508 g/mol. The van der Waals surface area contributed by atoms with Crippen molar-refractivity contribution in [2.24, 2.45) is 0 Å². The molecule has 0 fully saturated rings. The number of aromatic nitrogens is 3. The van der Waals surface area contributed by atoms with Crippen LogP contribution in [-0.2, 0) is 19.6 Å². The molecule has 6 aromatic rings. The van der Waals surface area contributed by atoms with Crippen LogP contribution in [0, 0.1) is 0 Å². The molecule has 0 aliphatic heterocycles. The molecule has 3 nitrogen and oxygen atoms in total. The Kier molecular flexibility index (Phi) is 5.68. The molecule has 6 rings (SSSR count). The van der Waals surface area contributed by atoms with Gasteiger partial charge in [0.1, 0.15) is 6.54 Å². The first-order valence-corrected chi connectivity index (χ1v) is 12.8. The molecular formula is C30H27BrN3+. The van der Waals surface area contributed by atoms with Crippen LogP contribution in [0.15, 0.2) is 108 Å². The predicted molar refractivity (Wildman–Crippen MR) is 144 cm³/mol. The normalized spacial score (nSPS) is 11.7. The highest BCUT2D eigenvalue weighted by Crippen LogP contribution is 2.29. The number of unbranched alkanes of at least 4 members (excludes halogenated alkanes) is 1. The summed E-state index contributed by atoms with van der Waals surface area (Å²) in [7, 11) is 0. The lowest BCUT2D eigenvalue weighted by atomic mass is 10.2. The Morgan fingerprint density at radius 2 is 1.21 bits per heavy atom. The number of rotatable bonds is 7. The summed E-state index contributed by atoms with van der Waals surface area (Å²) in [4.78, 5) is 0. The fourth-order valence-corrected chi connectivity index (χ4v) is 5.56. The van der Waals surface area contributed by atoms with Crippen LogP contribution >= 0.6 is 15.9 Å². The molecule has 0 aliphatic carbocycles. The van der Waals surface area contributed by atoms with E-state index >= 15 is 0 Å². The third kappa shape index (κ3) is 3.82. The van der Waals surface area contributed by atoms with Crippen molar-refractivity contribution in [3.63, 3.8) is 0 Å². The van der Waals surface area contributed by atoms with E-state index in [0.29, 0.717) is 0 Å². The van der Waals surface area contributed by atoms with E-state index in [2.05, 4.69) is 133 Å². The van der Waals surface area contributed by atoms with Gasteiger partial charge in [-0.3, -0.25) is 0 Å². The van der Waals surface area contributed by atoms with Gasteiger partial charge in [-0.25, -0.2) is 9.13 Å². The molecule has 0 spiro atoms. The molecule has 0 N–H and O–H groups in total. The summed E-state index contributed by atoms with van der Waals surface area (Å²) in [5.74, 6) is 0. The molecular weight excluding hydrogens is 482 g/mol. The molecule has 2 heterocycles. The fourth-order valence-electron chi connectivity index (χ4n) is 5.15. The second-order valence-electron chi connectivity index (χ2n) is 8.91. The standard InChI is InChI=1S/C30H27BrN3/c31-26-14-4-1-11-23(26)21-33-22-32(29-17-7-8-18-30(29)33)19-9-10-20-34-27-15-5-2-12-24(27)25-13-3-6-16-28(25)34/h1-8,11-18,22H,9-10,19-21H2/q+1. The quantitative estimate of drug-likeness (QED) is 0.158. The van der Waals surface area contributed by atoms with Crippen molar-refractivity contribution in [2.75, 3.05) is 0 Å². The van der Waals surface area contributed by atoms with Gasteiger partial charge in [-0.05, 0) is 43.2 Å². The average Bonchev–Trinajstić information content (AvgIpc) is 3.39. The molecule has 0 atom stereocenters. The zero-order chi connectivity index (χ0) is 22.9. The van der Waals surface area contributed by atoms with E-state index in [1.165, 1.54) is 38.4 Å². The van der Waals surface area contributed by atoms with E-state index in [1.54, 1.807) is 0 Å². The Labute approximate surface area is 208 Å². The van der Waals surface area contributed by atoms with Crippen LogP contribution in [0.3, 0.4) is 0 Å². The summed E-state index contributed by atoms with van der Waals surface area (Å²) >= 11 is 3.71. The summed E-state index contributed by atoms with van der Waals surface area (Å²) in [5, 5.41) is 2.70. The lowest BCUT2D eigenvalue weighted by Crippen LogP contribution is -2.33. The van der Waals surface area contributed by atoms with Gasteiger partial charge < -0.3 is 4.57 Å². The maximum atomic E-state index is 3.71. The third-order valence-electron chi connectivity index (χ3n) is 6.79. The highest BCUT2D eigenvalue weighted by Gasteiger charge is 2.16. The number of benzene rings is 4. The second kappa shape index (κ2) is 9.11. The van der Waals surface area contributed by atoms with E-state index in [-0.39, 0.29) is 0 Å². The van der Waals surface area contributed by atoms with Gasteiger partial charge in [0.15, 0.2) is 11.0 Å². The predicted octanol–water partition coefficient (Wildman–Crippen LogP) is 7.33. The molecule has 2 aromatic heterocycles. The Balaban J connectivity index is 1.22. The summed E-state index contributed by atoms with van der Waals surface area (Å²) in [6.45, 7) is 2.90. The molecule has 0 saturated carbocycles. The lowest BCUT2D eigenvalue weighted by molar-refractivity contribution is -0.663. The van der Waals surface area contributed by atoms with Gasteiger partial charge in [0.05, 0.1) is 6.54 Å². The number of para-hydroxylation sites is 4. The Morgan fingerprint density at radius 3 is 1.94 bits per heavy atom. The van der Waals surface area contributed by atoms with Crippen LogP contribution in [0.4, 0.5) is 0 Å². The van der Waals surface area contributed by atoms with Crippen molar-refractivity contribution in [3.05, 3.63) is 113 Å². The first-order chi connectivity index (χ1) is 16.8. The van der Waals surface area contributed by atoms with Crippen LogP contribution < -0.4 is 4.57 Å². The average molecular weight is 509 g/mol. The molecule has 0 amide bonds. The maximum Gasteiger partial charge on any atom is 0.245 e. The molecule has 0 aliphatic rings. The summed E-state index contributed by atoms with van der Waals surface area (Å²) in [6.07, 6.45) is 4.55. The van der Waals surface area contributed by atoms with Crippen molar-refractivity contribution >= 4 is 48.8 Å². The van der Waals surface area contributed by atoms with Crippen LogP contribution in [0.2, 0.25) is 0 Å². The van der Waals surface area contributed by atoms with Gasteiger partial charge in [-0.15, -0.1) is 0 Å². The fraction of sp³-hybridized carbons (Fsp3) is 0.167. The Bertz CT molecular complexity index is 1550. The van der Waals surface area contributed by atoms with Crippen molar-refractivity contribution in [1.29, 1.82) is 0 Å². The Hall–Kier alpha value is -3.37. The van der Waals surface area contributed by atoms with Crippen LogP contribution in [-0.4, -0.2) is 9.13 Å². The van der Waals surface area contributed by atoms with E-state index in [0.717, 1.165) is 36.9 Å². The van der Waals surface area contributed by atoms with E-state index in [4.69, 9.17) is 0 Å². The van der Waals surface area contributed by atoms with Crippen LogP contribution in [0.5, 0.6) is 0 Å². The minimum atomic E-state index is 0.857. The van der Waals surface area contributed by atoms with E-state index in [9.17, 15) is 0 Å². The summed E-state index contributed by atoms with van der Waals surface area (Å²) in [6, 6.07) is 34.8. The molecule has 0 radical (unpaired) electrons. The zero-order valence-corrected chi connectivity index (χ0v) is 20.7. The molecule has 0 unspecified atom stereocenters. The van der Waals surface area contributed by atoms with Gasteiger partial charge in [-0.2, -0.15) is 0 Å². The van der Waals surface area contributed by atoms with Crippen molar-refractivity contribution in [1.82, 2.24) is 9.13 Å². The molecule has 168 valence electrons. The maximum absolute atomic E-state index is 3.71. The van der Waals surface area contributed by atoms with Crippen LogP contribution in [0.1, 0.15) is 18.4 Å². The van der Waals surface area contributed by atoms with Gasteiger partial charge in [0.25, 0.3) is 0 Å². The van der Waals surface area contributed by atoms with Gasteiger partial charge in [0, 0.05) is 38.4 Å². The second-order valence-corrected chi connectivity index (χ2v) is 9.76. The third-order valence-corrected chi connectivity index (χ3v) is 7.56. The van der Waals surface area contributed by atoms with Gasteiger partial charge >= 0.3 is 0 Å². The molecule has 4 heteroatoms. The van der Waals surface area contributed by atoms with Crippen molar-refractivity contribution < 1.29 is 4.57 Å². The van der Waals surface area contributed by atoms with E-state index in [1.807, 2.05) is 0 Å². The minimum Gasteiger partial charge on any atom is -0.340 e. The smallest absolute Gasteiger partial charge is 0.245 e. The number of hydrogen-bond donors (Lipinski definition) is 0. The first kappa shape index (κ1) is 21.2. The highest BCUT2D eigenvalue weighted by molar-refractivity contribution is 9.10. The van der Waals surface area contributed by atoms with Crippen LogP contribution in [0.25, 0.3) is 32.8 Å². The van der Waals surface area contributed by atoms with E-state index < -0.39 is 0 Å². The zero-order valence-electron chi connectivity index (χ0n) is 19.1. The minimum absolute atomic E-state index is 0.857. The number of aryl methyl sites for hydroxylation is 2. The molecule has 0 saturated heterocycles. The first-order valence-electron chi connectivity index (χ1n) is 12.0. The Morgan fingerprint density at radius 1 is 0.618 bits per heavy atom. The van der Waals surface area contributed by atoms with Crippen molar-refractivity contribution in [2.45, 2.75) is 32.5 Å². The molecule has 4 aromatic carbocycles. The number of imidazole rings is 1. The largest absolute Gasteiger partial charge is 0.340 e. The van der Waals surface area contributed by atoms with Gasteiger partial charge in [0.2, 0.25) is 6.33 Å². The SMILES string of the molecule is Brc1ccccc1C[n+]1cn(CCCCn2c3ccccc3c3ccccc32)c2ccccc21.